The van der Waals surface area contributed by atoms with E-state index >= 15 is 0 Å². The fourth-order valence-corrected chi connectivity index (χ4v) is 2.32. The van der Waals surface area contributed by atoms with E-state index in [2.05, 4.69) is 6.92 Å². The highest BCUT2D eigenvalue weighted by Gasteiger charge is 2.35. The summed E-state index contributed by atoms with van der Waals surface area (Å²) >= 11 is 0. The van der Waals surface area contributed by atoms with Crippen LogP contribution in [-0.2, 0) is 4.74 Å². The second-order valence-electron chi connectivity index (χ2n) is 5.88. The largest absolute Gasteiger partial charge is 0.444 e. The molecule has 17 heavy (non-hydrogen) atoms. The Labute approximate surface area is 104 Å². The lowest BCUT2D eigenvalue weighted by molar-refractivity contribution is 0.0280. The van der Waals surface area contributed by atoms with E-state index in [1.165, 1.54) is 0 Å². The van der Waals surface area contributed by atoms with Crippen LogP contribution < -0.4 is 0 Å². The van der Waals surface area contributed by atoms with Crippen molar-refractivity contribution in [3.8, 4) is 0 Å². The molecule has 0 radical (unpaired) electrons. The fourth-order valence-electron chi connectivity index (χ4n) is 2.32. The fraction of sp³-hybridized carbons (Fsp3) is 0.923. The summed E-state index contributed by atoms with van der Waals surface area (Å²) in [6, 6.07) is 0. The summed E-state index contributed by atoms with van der Waals surface area (Å²) in [5, 5.41) is 9.32. The molecular formula is C13H25NO3. The van der Waals surface area contributed by atoms with Gasteiger partial charge >= 0.3 is 6.09 Å². The Balaban J connectivity index is 2.54. The number of aliphatic hydroxyl groups is 1. The number of hydrogen-bond donors (Lipinski definition) is 1. The minimum Gasteiger partial charge on any atom is -0.444 e. The number of amides is 1. The molecule has 0 spiro atoms. The van der Waals surface area contributed by atoms with Crippen LogP contribution in [0, 0.1) is 11.8 Å². The maximum Gasteiger partial charge on any atom is 0.410 e. The summed E-state index contributed by atoms with van der Waals surface area (Å²) in [5.74, 6) is 0.625. The Kier molecular flexibility index (Phi) is 4.80. The van der Waals surface area contributed by atoms with E-state index in [0.29, 0.717) is 19.0 Å². The molecule has 1 heterocycles. The van der Waals surface area contributed by atoms with Gasteiger partial charge in [-0.2, -0.15) is 0 Å². The Morgan fingerprint density at radius 3 is 2.41 bits per heavy atom. The van der Waals surface area contributed by atoms with Crippen LogP contribution in [0.4, 0.5) is 4.79 Å². The van der Waals surface area contributed by atoms with Gasteiger partial charge in [-0.3, -0.25) is 0 Å². The summed E-state index contributed by atoms with van der Waals surface area (Å²) in [6.07, 6.45) is 1.89. The van der Waals surface area contributed by atoms with Crippen LogP contribution >= 0.6 is 0 Å². The summed E-state index contributed by atoms with van der Waals surface area (Å²) in [7, 11) is 0. The zero-order valence-electron chi connectivity index (χ0n) is 11.4. The van der Waals surface area contributed by atoms with Gasteiger partial charge in [0.05, 0.1) is 0 Å². The molecule has 4 nitrogen and oxygen atoms in total. The smallest absolute Gasteiger partial charge is 0.410 e. The van der Waals surface area contributed by atoms with Gasteiger partial charge in [0.1, 0.15) is 5.60 Å². The van der Waals surface area contributed by atoms with Crippen LogP contribution in [0.1, 0.15) is 40.5 Å². The highest BCUT2D eigenvalue weighted by molar-refractivity contribution is 5.68. The lowest BCUT2D eigenvalue weighted by Gasteiger charge is -2.24. The number of ether oxygens (including phenoxy) is 1. The molecule has 0 bridgehead atoms. The molecule has 1 amide bonds. The van der Waals surface area contributed by atoms with Crippen LogP contribution in [0.3, 0.4) is 0 Å². The maximum atomic E-state index is 11.9. The van der Waals surface area contributed by atoms with Crippen molar-refractivity contribution in [1.29, 1.82) is 0 Å². The first kappa shape index (κ1) is 14.3. The van der Waals surface area contributed by atoms with Crippen molar-refractivity contribution in [3.63, 3.8) is 0 Å². The van der Waals surface area contributed by atoms with Crippen LogP contribution in [0.25, 0.3) is 0 Å². The van der Waals surface area contributed by atoms with E-state index in [1.807, 2.05) is 20.8 Å². The van der Waals surface area contributed by atoms with E-state index < -0.39 is 5.60 Å². The van der Waals surface area contributed by atoms with Crippen molar-refractivity contribution in [1.82, 2.24) is 4.90 Å². The minimum atomic E-state index is -0.450. The number of likely N-dealkylation sites (tertiary alicyclic amines) is 1. The molecular weight excluding hydrogens is 218 g/mol. The van der Waals surface area contributed by atoms with Crippen molar-refractivity contribution in [2.24, 2.45) is 11.8 Å². The Bertz CT molecular complexity index is 260. The third-order valence-electron chi connectivity index (χ3n) is 3.12. The molecule has 1 fully saturated rings. The van der Waals surface area contributed by atoms with Crippen molar-refractivity contribution < 1.29 is 14.6 Å². The van der Waals surface area contributed by atoms with Gasteiger partial charge in [-0.05, 0) is 33.1 Å². The first-order valence-electron chi connectivity index (χ1n) is 6.46. The zero-order chi connectivity index (χ0) is 13.1. The van der Waals surface area contributed by atoms with Crippen molar-refractivity contribution in [2.45, 2.75) is 46.1 Å². The second kappa shape index (κ2) is 5.71. The molecule has 2 atom stereocenters. The topological polar surface area (TPSA) is 49.8 Å². The Hall–Kier alpha value is -0.770. The first-order chi connectivity index (χ1) is 7.87. The molecule has 0 aromatic carbocycles. The highest BCUT2D eigenvalue weighted by atomic mass is 16.6. The molecule has 1 aliphatic rings. The SMILES string of the molecule is CCCC1CN(C(=O)OC(C)(C)C)CC1CO. The third kappa shape index (κ3) is 4.19. The molecule has 0 aliphatic carbocycles. The first-order valence-corrected chi connectivity index (χ1v) is 6.46. The summed E-state index contributed by atoms with van der Waals surface area (Å²) in [6.45, 7) is 9.23. The normalized spacial score (nSPS) is 25.1. The van der Waals surface area contributed by atoms with Crippen LogP contribution in [0.5, 0.6) is 0 Å². The summed E-state index contributed by atoms with van der Waals surface area (Å²) < 4.78 is 5.35. The number of carbonyl (C=O) groups is 1. The predicted molar refractivity (Wildman–Crippen MR) is 66.8 cm³/mol. The molecule has 100 valence electrons. The quantitative estimate of drug-likeness (QED) is 0.827. The van der Waals surface area contributed by atoms with Crippen molar-refractivity contribution in [2.75, 3.05) is 19.7 Å². The predicted octanol–water partition coefficient (Wildman–Crippen LogP) is 2.26. The standard InChI is InChI=1S/C13H25NO3/c1-5-6-10-7-14(8-11(10)9-15)12(16)17-13(2,3)4/h10-11,15H,5-9H2,1-4H3. The summed E-state index contributed by atoms with van der Waals surface area (Å²) in [5.41, 5.74) is -0.450. The van der Waals surface area contributed by atoms with Gasteiger partial charge in [-0.15, -0.1) is 0 Å². The van der Waals surface area contributed by atoms with Crippen molar-refractivity contribution >= 4 is 6.09 Å². The van der Waals surface area contributed by atoms with E-state index in [-0.39, 0.29) is 18.6 Å². The van der Waals surface area contributed by atoms with Gasteiger partial charge in [-0.25, -0.2) is 4.79 Å². The molecule has 0 aromatic heterocycles. The van der Waals surface area contributed by atoms with Crippen LogP contribution in [-0.4, -0.2) is 41.4 Å². The zero-order valence-corrected chi connectivity index (χ0v) is 11.4. The minimum absolute atomic E-state index is 0.157. The molecule has 0 saturated carbocycles. The van der Waals surface area contributed by atoms with Crippen LogP contribution in [0.2, 0.25) is 0 Å². The molecule has 1 aliphatic heterocycles. The number of nitrogens with zero attached hydrogens (tertiary/aromatic N) is 1. The van der Waals surface area contributed by atoms with E-state index in [1.54, 1.807) is 4.90 Å². The van der Waals surface area contributed by atoms with Crippen molar-refractivity contribution in [3.05, 3.63) is 0 Å². The maximum absolute atomic E-state index is 11.9. The lowest BCUT2D eigenvalue weighted by atomic mass is 9.93. The molecule has 1 saturated heterocycles. The third-order valence-corrected chi connectivity index (χ3v) is 3.12. The lowest BCUT2D eigenvalue weighted by Crippen LogP contribution is -2.35. The monoisotopic (exact) mass is 243 g/mol. The average Bonchev–Trinajstić information content (AvgIpc) is 2.59. The molecule has 0 aromatic rings. The van der Waals surface area contributed by atoms with Gasteiger partial charge in [-0.1, -0.05) is 13.3 Å². The van der Waals surface area contributed by atoms with E-state index in [9.17, 15) is 9.90 Å². The van der Waals surface area contributed by atoms with E-state index in [0.717, 1.165) is 12.8 Å². The molecule has 2 unspecified atom stereocenters. The number of carbonyl (C=O) groups excluding carboxylic acids is 1. The van der Waals surface area contributed by atoms with Gasteiger partial charge in [0.2, 0.25) is 0 Å². The number of aliphatic hydroxyl groups excluding tert-OH is 1. The highest BCUT2D eigenvalue weighted by Crippen LogP contribution is 2.28. The Morgan fingerprint density at radius 2 is 1.94 bits per heavy atom. The Morgan fingerprint density at radius 1 is 1.35 bits per heavy atom. The van der Waals surface area contributed by atoms with E-state index in [4.69, 9.17) is 4.74 Å². The van der Waals surface area contributed by atoms with Gasteiger partial charge in [0.15, 0.2) is 0 Å². The summed E-state index contributed by atoms with van der Waals surface area (Å²) in [4.78, 5) is 13.6. The second-order valence-corrected chi connectivity index (χ2v) is 5.88. The van der Waals surface area contributed by atoms with Gasteiger partial charge in [0, 0.05) is 25.6 Å². The number of rotatable bonds is 3. The van der Waals surface area contributed by atoms with Crippen LogP contribution in [0.15, 0.2) is 0 Å². The number of hydrogen-bond acceptors (Lipinski definition) is 3. The van der Waals surface area contributed by atoms with Gasteiger partial charge < -0.3 is 14.7 Å². The molecule has 1 rings (SSSR count). The van der Waals surface area contributed by atoms with Gasteiger partial charge in [0.25, 0.3) is 0 Å². The molecule has 1 N–H and O–H groups in total. The average molecular weight is 243 g/mol. The molecule has 4 heteroatoms.